The highest BCUT2D eigenvalue weighted by Gasteiger charge is 2.41. The Bertz CT molecular complexity index is 532. The smallest absolute Gasteiger partial charge is 0.168 e. The molecule has 1 spiro atoms. The van der Waals surface area contributed by atoms with Gasteiger partial charge in [0.05, 0.1) is 5.60 Å². The van der Waals surface area contributed by atoms with Crippen LogP contribution in [0.4, 0.5) is 10.1 Å². The minimum absolute atomic E-state index is 0.0275. The maximum absolute atomic E-state index is 13.4. The number of nitrogens with two attached hydrogens (primary N) is 1. The molecule has 3 nitrogen and oxygen atoms in total. The lowest BCUT2D eigenvalue weighted by Crippen LogP contribution is -2.43. The van der Waals surface area contributed by atoms with E-state index in [4.69, 9.17) is 10.5 Å². The van der Waals surface area contributed by atoms with E-state index in [9.17, 15) is 9.18 Å². The maximum Gasteiger partial charge on any atom is 0.168 e. The van der Waals surface area contributed by atoms with Crippen LogP contribution in [0.2, 0.25) is 0 Å². The number of halogens is 1. The number of ketones is 1. The van der Waals surface area contributed by atoms with Crippen molar-refractivity contribution in [3.63, 3.8) is 0 Å². The average molecular weight is 291 g/mol. The van der Waals surface area contributed by atoms with Crippen LogP contribution in [0.25, 0.3) is 0 Å². The summed E-state index contributed by atoms with van der Waals surface area (Å²) in [6, 6.07) is 4.03. The van der Waals surface area contributed by atoms with Gasteiger partial charge in [-0.15, -0.1) is 0 Å². The molecule has 1 saturated heterocycles. The van der Waals surface area contributed by atoms with Crippen LogP contribution in [0.1, 0.15) is 55.3 Å². The number of anilines is 1. The average Bonchev–Trinajstić information content (AvgIpc) is 2.50. The molecule has 1 atom stereocenters. The molecule has 1 aromatic rings. The fraction of sp³-hybridized carbons (Fsp3) is 0.588. The van der Waals surface area contributed by atoms with E-state index < -0.39 is 5.82 Å². The number of Topliss-reactive ketones (excluding diaryl/α,β-unsaturated/α-hetero) is 1. The van der Waals surface area contributed by atoms with Crippen molar-refractivity contribution >= 4 is 11.5 Å². The highest BCUT2D eigenvalue weighted by atomic mass is 19.1. The first-order valence-electron chi connectivity index (χ1n) is 7.83. The summed E-state index contributed by atoms with van der Waals surface area (Å²) >= 11 is 0. The normalized spacial score (nSPS) is 24.9. The zero-order valence-electron chi connectivity index (χ0n) is 12.2. The zero-order chi connectivity index (χ0) is 14.9. The van der Waals surface area contributed by atoms with Gasteiger partial charge in [-0.05, 0) is 43.9 Å². The number of nitrogen functional groups attached to an aromatic ring is 1. The number of hydrogen-bond donors (Lipinski definition) is 1. The van der Waals surface area contributed by atoms with Crippen molar-refractivity contribution in [3.8, 4) is 0 Å². The second-order valence-electron chi connectivity index (χ2n) is 6.38. The number of rotatable bonds is 2. The van der Waals surface area contributed by atoms with E-state index >= 15 is 0 Å². The Labute approximate surface area is 124 Å². The molecule has 1 saturated carbocycles. The predicted octanol–water partition coefficient (Wildman–Crippen LogP) is 3.72. The molecule has 114 valence electrons. The molecule has 2 N–H and O–H groups in total. The molecule has 2 aliphatic rings. The summed E-state index contributed by atoms with van der Waals surface area (Å²) in [5.74, 6) is -0.534. The van der Waals surface area contributed by atoms with Crippen molar-refractivity contribution < 1.29 is 13.9 Å². The summed E-state index contributed by atoms with van der Waals surface area (Å²) < 4.78 is 19.4. The Balaban J connectivity index is 1.79. The molecule has 2 fully saturated rings. The molecule has 1 unspecified atom stereocenters. The molecule has 0 aromatic heterocycles. The third kappa shape index (κ3) is 2.95. The van der Waals surface area contributed by atoms with E-state index in [2.05, 4.69) is 0 Å². The molecule has 1 aromatic carbocycles. The second-order valence-corrected chi connectivity index (χ2v) is 6.38. The van der Waals surface area contributed by atoms with E-state index in [1.165, 1.54) is 37.5 Å². The predicted molar refractivity (Wildman–Crippen MR) is 79.6 cm³/mol. The molecular weight excluding hydrogens is 269 g/mol. The van der Waals surface area contributed by atoms with Crippen LogP contribution in [0.5, 0.6) is 0 Å². The third-order valence-electron chi connectivity index (χ3n) is 4.91. The van der Waals surface area contributed by atoms with Gasteiger partial charge in [0.1, 0.15) is 5.82 Å². The Hall–Kier alpha value is -1.42. The van der Waals surface area contributed by atoms with Gasteiger partial charge in [-0.2, -0.15) is 0 Å². The van der Waals surface area contributed by atoms with Crippen molar-refractivity contribution in [2.45, 2.75) is 50.5 Å². The number of carbonyl (C=O) groups is 1. The van der Waals surface area contributed by atoms with Gasteiger partial charge in [-0.1, -0.05) is 19.3 Å². The molecule has 0 bridgehead atoms. The van der Waals surface area contributed by atoms with Gasteiger partial charge in [0.2, 0.25) is 0 Å². The number of carbonyl (C=O) groups excluding carboxylic acids is 1. The molecule has 3 rings (SSSR count). The molecule has 0 amide bonds. The highest BCUT2D eigenvalue weighted by Crippen LogP contribution is 2.41. The van der Waals surface area contributed by atoms with E-state index in [-0.39, 0.29) is 17.3 Å². The summed E-state index contributed by atoms with van der Waals surface area (Å²) in [6.07, 6.45) is 7.12. The van der Waals surface area contributed by atoms with Gasteiger partial charge >= 0.3 is 0 Å². The van der Waals surface area contributed by atoms with E-state index in [1.807, 2.05) is 0 Å². The van der Waals surface area contributed by atoms with Crippen LogP contribution in [0.3, 0.4) is 0 Å². The highest BCUT2D eigenvalue weighted by molar-refractivity contribution is 6.02. The first kappa shape index (κ1) is 14.5. The number of ether oxygens (including phenoxy) is 1. The van der Waals surface area contributed by atoms with Crippen molar-refractivity contribution in [1.82, 2.24) is 0 Å². The minimum atomic E-state index is -0.410. The van der Waals surface area contributed by atoms with E-state index in [0.29, 0.717) is 24.3 Å². The van der Waals surface area contributed by atoms with Crippen molar-refractivity contribution in [2.75, 3.05) is 12.3 Å². The standard InChI is InChI=1S/C17H22FNO2/c18-13-4-5-15(19)14(10-13)16(20)12-6-9-21-17(11-12)7-2-1-3-8-17/h4-5,10,12H,1-3,6-9,11,19H2. The van der Waals surface area contributed by atoms with Crippen molar-refractivity contribution in [1.29, 1.82) is 0 Å². The van der Waals surface area contributed by atoms with Gasteiger partial charge in [0, 0.05) is 23.8 Å². The monoisotopic (exact) mass is 291 g/mol. The quantitative estimate of drug-likeness (QED) is 0.667. The Morgan fingerprint density at radius 2 is 2.05 bits per heavy atom. The number of benzene rings is 1. The topological polar surface area (TPSA) is 52.3 Å². The minimum Gasteiger partial charge on any atom is -0.398 e. The van der Waals surface area contributed by atoms with Gasteiger partial charge in [0.15, 0.2) is 5.78 Å². The van der Waals surface area contributed by atoms with Crippen molar-refractivity contribution in [2.24, 2.45) is 5.92 Å². The molecule has 4 heteroatoms. The summed E-state index contributed by atoms with van der Waals surface area (Å²) in [4.78, 5) is 12.7. The fourth-order valence-electron chi connectivity index (χ4n) is 3.76. The first-order valence-corrected chi connectivity index (χ1v) is 7.83. The molecule has 1 heterocycles. The Kier molecular flexibility index (Phi) is 3.98. The zero-order valence-corrected chi connectivity index (χ0v) is 12.2. The van der Waals surface area contributed by atoms with Crippen LogP contribution in [-0.4, -0.2) is 18.0 Å². The third-order valence-corrected chi connectivity index (χ3v) is 4.91. The number of hydrogen-bond acceptors (Lipinski definition) is 3. The maximum atomic E-state index is 13.4. The van der Waals surface area contributed by atoms with Crippen LogP contribution >= 0.6 is 0 Å². The van der Waals surface area contributed by atoms with Crippen LogP contribution in [-0.2, 0) is 4.74 Å². The Morgan fingerprint density at radius 3 is 2.81 bits per heavy atom. The first-order chi connectivity index (χ1) is 10.1. The lowest BCUT2D eigenvalue weighted by molar-refractivity contribution is -0.111. The van der Waals surface area contributed by atoms with E-state index in [1.54, 1.807) is 0 Å². The second kappa shape index (κ2) is 5.76. The van der Waals surface area contributed by atoms with Crippen LogP contribution in [0, 0.1) is 11.7 Å². The molecule has 0 radical (unpaired) electrons. The lowest BCUT2D eigenvalue weighted by atomic mass is 9.74. The summed E-state index contributed by atoms with van der Waals surface area (Å²) in [7, 11) is 0. The fourth-order valence-corrected chi connectivity index (χ4v) is 3.76. The van der Waals surface area contributed by atoms with Crippen molar-refractivity contribution in [3.05, 3.63) is 29.6 Å². The van der Waals surface area contributed by atoms with Gasteiger partial charge in [0.25, 0.3) is 0 Å². The van der Waals surface area contributed by atoms with Gasteiger partial charge in [-0.25, -0.2) is 4.39 Å². The summed E-state index contributed by atoms with van der Waals surface area (Å²) in [6.45, 7) is 0.617. The van der Waals surface area contributed by atoms with Gasteiger partial charge in [-0.3, -0.25) is 4.79 Å². The van der Waals surface area contributed by atoms with Crippen LogP contribution in [0.15, 0.2) is 18.2 Å². The van der Waals surface area contributed by atoms with Crippen LogP contribution < -0.4 is 5.73 Å². The summed E-state index contributed by atoms with van der Waals surface area (Å²) in [5, 5.41) is 0. The largest absolute Gasteiger partial charge is 0.398 e. The molecule has 1 aliphatic carbocycles. The SMILES string of the molecule is Nc1ccc(F)cc1C(=O)C1CCOC2(CCCCC2)C1. The lowest BCUT2D eigenvalue weighted by Gasteiger charge is -2.43. The Morgan fingerprint density at radius 1 is 1.29 bits per heavy atom. The molecular formula is C17H22FNO2. The molecule has 1 aliphatic heterocycles. The summed E-state index contributed by atoms with van der Waals surface area (Å²) in [5.41, 5.74) is 6.42. The van der Waals surface area contributed by atoms with E-state index in [0.717, 1.165) is 19.3 Å². The molecule has 21 heavy (non-hydrogen) atoms. The van der Waals surface area contributed by atoms with Gasteiger partial charge < -0.3 is 10.5 Å².